The number of carbonyl (C=O) groups excluding carboxylic acids is 2. The van der Waals surface area contributed by atoms with Gasteiger partial charge in [0.15, 0.2) is 0 Å². The van der Waals surface area contributed by atoms with Crippen molar-refractivity contribution in [2.24, 2.45) is 0 Å². The average molecular weight is 1150 g/mol. The van der Waals surface area contributed by atoms with Crippen molar-refractivity contribution in [3.8, 4) is 0 Å². The highest BCUT2D eigenvalue weighted by atomic mass is 16.5. The SMILES string of the molecule is CCCC/C=C\C/C=C\CCCCCCCC(=O)OCCCCCCCCCCCCCCCCCC/C=C\CCCCCCCCCCCCCCCCCCCC(=O)NC(CO)C(O)/C=C/CCCCCCCCCCCCCC. The molecule has 0 saturated heterocycles. The minimum Gasteiger partial charge on any atom is -0.466 e. The molecule has 82 heavy (non-hydrogen) atoms. The molecule has 2 unspecified atom stereocenters. The van der Waals surface area contributed by atoms with E-state index in [4.69, 9.17) is 4.74 Å². The maximum atomic E-state index is 12.5. The number of rotatable bonds is 69. The van der Waals surface area contributed by atoms with Gasteiger partial charge in [0.1, 0.15) is 0 Å². The third-order valence-corrected chi connectivity index (χ3v) is 17.1. The number of esters is 1. The van der Waals surface area contributed by atoms with Gasteiger partial charge in [0.25, 0.3) is 0 Å². The van der Waals surface area contributed by atoms with Crippen LogP contribution in [0.25, 0.3) is 0 Å². The Kier molecular flexibility index (Phi) is 69.4. The lowest BCUT2D eigenvalue weighted by Crippen LogP contribution is -2.45. The first-order valence-corrected chi connectivity index (χ1v) is 36.9. The average Bonchev–Trinajstić information content (AvgIpc) is 3.48. The van der Waals surface area contributed by atoms with Gasteiger partial charge in [-0.15, -0.1) is 0 Å². The number of aliphatic hydroxyl groups excluding tert-OH is 2. The molecule has 0 radical (unpaired) electrons. The van der Waals surface area contributed by atoms with Crippen LogP contribution in [0.5, 0.6) is 0 Å². The minimum atomic E-state index is -0.841. The molecule has 482 valence electrons. The molecule has 0 spiro atoms. The molecule has 0 aromatic carbocycles. The van der Waals surface area contributed by atoms with Gasteiger partial charge in [0.05, 0.1) is 25.4 Å². The molecule has 0 aliphatic carbocycles. The summed E-state index contributed by atoms with van der Waals surface area (Å²) >= 11 is 0. The zero-order valence-corrected chi connectivity index (χ0v) is 55.2. The third-order valence-electron chi connectivity index (χ3n) is 17.1. The van der Waals surface area contributed by atoms with Gasteiger partial charge in [-0.2, -0.15) is 0 Å². The van der Waals surface area contributed by atoms with Crippen LogP contribution in [-0.2, 0) is 14.3 Å². The van der Waals surface area contributed by atoms with E-state index in [1.165, 1.54) is 321 Å². The Morgan fingerprint density at radius 3 is 0.976 bits per heavy atom. The zero-order valence-electron chi connectivity index (χ0n) is 55.2. The Morgan fingerprint density at radius 1 is 0.341 bits per heavy atom. The van der Waals surface area contributed by atoms with Gasteiger partial charge in [-0.1, -0.05) is 351 Å². The summed E-state index contributed by atoms with van der Waals surface area (Å²) in [6, 6.07) is -0.625. The highest BCUT2D eigenvalue weighted by molar-refractivity contribution is 5.76. The molecule has 1 amide bonds. The fraction of sp³-hybridized carbons (Fsp3) is 0.868. The van der Waals surface area contributed by atoms with E-state index < -0.39 is 12.1 Å². The number of ether oxygens (including phenoxy) is 1. The molecule has 3 N–H and O–H groups in total. The van der Waals surface area contributed by atoms with Gasteiger partial charge in [-0.3, -0.25) is 9.59 Å². The van der Waals surface area contributed by atoms with E-state index in [0.717, 1.165) is 51.4 Å². The van der Waals surface area contributed by atoms with Crippen molar-refractivity contribution in [2.75, 3.05) is 13.2 Å². The first-order chi connectivity index (χ1) is 40.5. The standard InChI is InChI=1S/C76H143NO5/c1-3-5-7-9-11-13-15-17-44-48-52-56-60-64-68-74(79)73(72-78)77-75(80)69-65-61-57-53-49-45-42-40-38-36-34-32-30-28-26-24-22-20-19-21-23-25-27-29-31-33-35-37-39-41-43-47-51-55-59-63-67-71-82-76(81)70-66-62-58-54-50-46-18-16-14-12-10-8-6-4-2/h10,12,16,18-19,21,64,68,73-74,78-79H,3-9,11,13-15,17,20,22-63,65-67,69-72H2,1-2H3,(H,77,80)/b12-10-,18-16-,21-19-,68-64+. The molecule has 0 aliphatic heterocycles. The number of hydrogen-bond acceptors (Lipinski definition) is 5. The Hall–Kier alpha value is -2.18. The van der Waals surface area contributed by atoms with Crippen LogP contribution in [0.2, 0.25) is 0 Å². The quantitative estimate of drug-likeness (QED) is 0.0320. The Labute approximate surface area is 512 Å². The Bertz CT molecular complexity index is 1370. The van der Waals surface area contributed by atoms with Crippen LogP contribution in [-0.4, -0.2) is 47.4 Å². The van der Waals surface area contributed by atoms with E-state index in [-0.39, 0.29) is 18.5 Å². The molecular weight excluding hydrogens is 1010 g/mol. The zero-order chi connectivity index (χ0) is 59.2. The summed E-state index contributed by atoms with van der Waals surface area (Å²) in [5.74, 6) is -0.0557. The molecule has 0 rings (SSSR count). The normalized spacial score (nSPS) is 12.8. The number of nitrogens with one attached hydrogen (secondary N) is 1. The lowest BCUT2D eigenvalue weighted by atomic mass is 10.0. The smallest absolute Gasteiger partial charge is 0.305 e. The molecule has 0 aromatic heterocycles. The summed E-state index contributed by atoms with van der Waals surface area (Å²) in [6.07, 6.45) is 93.6. The second-order valence-corrected chi connectivity index (χ2v) is 25.3. The van der Waals surface area contributed by atoms with E-state index in [0.29, 0.717) is 19.4 Å². The van der Waals surface area contributed by atoms with Crippen LogP contribution in [0.1, 0.15) is 399 Å². The number of unbranched alkanes of at least 4 members (excludes halogenated alkanes) is 52. The number of carbonyl (C=O) groups is 2. The molecule has 0 aliphatic rings. The highest BCUT2D eigenvalue weighted by Crippen LogP contribution is 2.19. The van der Waals surface area contributed by atoms with Crippen LogP contribution in [0.15, 0.2) is 48.6 Å². The monoisotopic (exact) mass is 1150 g/mol. The van der Waals surface area contributed by atoms with E-state index in [2.05, 4.69) is 55.6 Å². The van der Waals surface area contributed by atoms with Crippen molar-refractivity contribution in [2.45, 2.75) is 411 Å². The first-order valence-electron chi connectivity index (χ1n) is 36.9. The summed E-state index contributed by atoms with van der Waals surface area (Å²) in [6.45, 7) is 4.88. The summed E-state index contributed by atoms with van der Waals surface area (Å²) in [7, 11) is 0. The molecular formula is C76H143NO5. The lowest BCUT2D eigenvalue weighted by Gasteiger charge is -2.20. The molecule has 0 bridgehead atoms. The van der Waals surface area contributed by atoms with Gasteiger partial charge in [-0.25, -0.2) is 0 Å². The first kappa shape index (κ1) is 79.8. The van der Waals surface area contributed by atoms with Crippen molar-refractivity contribution in [3.05, 3.63) is 48.6 Å². The number of aliphatic hydroxyl groups is 2. The summed E-state index contributed by atoms with van der Waals surface area (Å²) in [4.78, 5) is 24.5. The van der Waals surface area contributed by atoms with Crippen LogP contribution in [0, 0.1) is 0 Å². The third kappa shape index (κ3) is 67.0. The second kappa shape index (κ2) is 71.3. The fourth-order valence-corrected chi connectivity index (χ4v) is 11.4. The fourth-order valence-electron chi connectivity index (χ4n) is 11.4. The maximum Gasteiger partial charge on any atom is 0.305 e. The van der Waals surface area contributed by atoms with E-state index in [9.17, 15) is 19.8 Å². The predicted octanol–water partition coefficient (Wildman–Crippen LogP) is 24.0. The topological polar surface area (TPSA) is 95.9 Å². The number of allylic oxidation sites excluding steroid dienone is 7. The second-order valence-electron chi connectivity index (χ2n) is 25.3. The molecule has 6 nitrogen and oxygen atoms in total. The Balaban J connectivity index is 3.34. The molecule has 2 atom stereocenters. The molecule has 0 heterocycles. The van der Waals surface area contributed by atoms with Crippen LogP contribution >= 0.6 is 0 Å². The van der Waals surface area contributed by atoms with Crippen molar-refractivity contribution in [1.82, 2.24) is 5.32 Å². The summed E-state index contributed by atoms with van der Waals surface area (Å²) in [5, 5.41) is 23.2. The van der Waals surface area contributed by atoms with Crippen LogP contribution < -0.4 is 5.32 Å². The predicted molar refractivity (Wildman–Crippen MR) is 361 cm³/mol. The molecule has 6 heteroatoms. The van der Waals surface area contributed by atoms with E-state index in [1.807, 2.05) is 6.08 Å². The van der Waals surface area contributed by atoms with Gasteiger partial charge in [0, 0.05) is 12.8 Å². The van der Waals surface area contributed by atoms with Crippen molar-refractivity contribution < 1.29 is 24.5 Å². The lowest BCUT2D eigenvalue weighted by molar-refractivity contribution is -0.143. The van der Waals surface area contributed by atoms with Crippen molar-refractivity contribution >= 4 is 11.9 Å². The summed E-state index contributed by atoms with van der Waals surface area (Å²) in [5.41, 5.74) is 0. The van der Waals surface area contributed by atoms with Gasteiger partial charge < -0.3 is 20.3 Å². The number of hydrogen-bond donors (Lipinski definition) is 3. The van der Waals surface area contributed by atoms with E-state index in [1.54, 1.807) is 6.08 Å². The minimum absolute atomic E-state index is 0.00662. The largest absolute Gasteiger partial charge is 0.466 e. The van der Waals surface area contributed by atoms with Crippen LogP contribution in [0.4, 0.5) is 0 Å². The molecule has 0 aromatic rings. The van der Waals surface area contributed by atoms with Crippen molar-refractivity contribution in [3.63, 3.8) is 0 Å². The molecule has 0 saturated carbocycles. The summed E-state index contributed by atoms with van der Waals surface area (Å²) < 4.78 is 5.48. The maximum absolute atomic E-state index is 12.5. The van der Waals surface area contributed by atoms with Gasteiger partial charge in [0.2, 0.25) is 5.91 Å². The molecule has 0 fully saturated rings. The van der Waals surface area contributed by atoms with Gasteiger partial charge in [-0.05, 0) is 83.5 Å². The highest BCUT2D eigenvalue weighted by Gasteiger charge is 2.18. The van der Waals surface area contributed by atoms with Crippen LogP contribution in [0.3, 0.4) is 0 Å². The van der Waals surface area contributed by atoms with Crippen molar-refractivity contribution in [1.29, 1.82) is 0 Å². The van der Waals surface area contributed by atoms with E-state index >= 15 is 0 Å². The van der Waals surface area contributed by atoms with Gasteiger partial charge >= 0.3 is 5.97 Å². The Morgan fingerprint density at radius 2 is 0.622 bits per heavy atom. The number of amides is 1.